The zero-order valence-corrected chi connectivity index (χ0v) is 14.1. The Labute approximate surface area is 146 Å². The Morgan fingerprint density at radius 2 is 1.96 bits per heavy atom. The molecule has 0 bridgehead atoms. The minimum absolute atomic E-state index is 0. The number of hydrogen-bond donors (Lipinski definition) is 1. The Bertz CT molecular complexity index is 870. The third-order valence-electron chi connectivity index (χ3n) is 4.41. The van der Waals surface area contributed by atoms with Crippen LogP contribution in [-0.2, 0) is 0 Å². The summed E-state index contributed by atoms with van der Waals surface area (Å²) in [5, 5.41) is 8.88. The van der Waals surface area contributed by atoms with Crippen molar-refractivity contribution in [1.29, 1.82) is 0 Å². The molecule has 1 aliphatic rings. The molecule has 0 aliphatic carbocycles. The number of benzene rings is 2. The zero-order valence-electron chi connectivity index (χ0n) is 13.3. The molecule has 2 aromatic carbocycles. The van der Waals surface area contributed by atoms with Crippen molar-refractivity contribution in [2.75, 3.05) is 0 Å². The van der Waals surface area contributed by atoms with Crippen LogP contribution in [0.3, 0.4) is 0 Å². The number of rotatable bonds is 2. The molecule has 3 nitrogen and oxygen atoms in total. The summed E-state index contributed by atoms with van der Waals surface area (Å²) in [5.41, 5.74) is 3.21. The molecule has 2 heterocycles. The summed E-state index contributed by atoms with van der Waals surface area (Å²) in [7, 11) is 0. The van der Waals surface area contributed by atoms with Crippen molar-refractivity contribution >= 4 is 23.3 Å². The third kappa shape index (κ3) is 3.02. The Hall–Kier alpha value is -2.33. The maximum absolute atomic E-state index is 13.1. The van der Waals surface area contributed by atoms with E-state index in [-0.39, 0.29) is 18.2 Å². The summed E-state index contributed by atoms with van der Waals surface area (Å²) < 4.78 is 14.9. The van der Waals surface area contributed by atoms with Crippen molar-refractivity contribution in [3.63, 3.8) is 0 Å². The average molecular weight is 344 g/mol. The van der Waals surface area contributed by atoms with Crippen molar-refractivity contribution in [2.24, 2.45) is 0 Å². The van der Waals surface area contributed by atoms with E-state index in [0.29, 0.717) is 12.0 Å². The molecule has 4 rings (SSSR count). The normalized spacial score (nSPS) is 19.8. The minimum atomic E-state index is -0.237. The summed E-state index contributed by atoms with van der Waals surface area (Å²) in [6.07, 6.45) is 7.22. The molecule has 0 radical (unpaired) electrons. The van der Waals surface area contributed by atoms with Gasteiger partial charge in [-0.2, -0.15) is 5.10 Å². The molecule has 2 atom stereocenters. The summed E-state index contributed by atoms with van der Waals surface area (Å²) in [6.45, 7) is 2.20. The molecule has 0 saturated heterocycles. The second-order valence-electron chi connectivity index (χ2n) is 6.12. The lowest BCUT2D eigenvalue weighted by Crippen LogP contribution is -2.26. The van der Waals surface area contributed by atoms with Gasteiger partial charge in [0.2, 0.25) is 0 Å². The fourth-order valence-corrected chi connectivity index (χ4v) is 3.18. The molecule has 0 saturated carbocycles. The first-order valence-electron chi connectivity index (χ1n) is 7.87. The first-order valence-corrected chi connectivity index (χ1v) is 7.87. The van der Waals surface area contributed by atoms with E-state index in [9.17, 15) is 4.39 Å². The number of allylic oxidation sites excluding steroid dienone is 1. The maximum Gasteiger partial charge on any atom is 0.123 e. The Balaban J connectivity index is 0.00000169. The van der Waals surface area contributed by atoms with Gasteiger partial charge in [-0.25, -0.2) is 9.07 Å². The van der Waals surface area contributed by atoms with Crippen LogP contribution in [0, 0.1) is 5.82 Å². The van der Waals surface area contributed by atoms with E-state index < -0.39 is 0 Å². The van der Waals surface area contributed by atoms with E-state index in [1.165, 1.54) is 17.7 Å². The molecule has 1 aromatic heterocycles. The van der Waals surface area contributed by atoms with Crippen molar-refractivity contribution in [2.45, 2.75) is 25.3 Å². The number of hydrogen-bond acceptors (Lipinski definition) is 2. The number of fused-ring (bicyclic) bond motifs is 1. The van der Waals surface area contributed by atoms with Gasteiger partial charge in [0.1, 0.15) is 5.82 Å². The summed E-state index contributed by atoms with van der Waals surface area (Å²) >= 11 is 0. The van der Waals surface area contributed by atoms with Gasteiger partial charge in [-0.15, -0.1) is 12.4 Å². The Morgan fingerprint density at radius 1 is 1.17 bits per heavy atom. The molecular weight excluding hydrogens is 325 g/mol. The van der Waals surface area contributed by atoms with Crippen LogP contribution in [0.5, 0.6) is 0 Å². The molecule has 24 heavy (non-hydrogen) atoms. The molecule has 1 N–H and O–H groups in total. The molecule has 1 aliphatic heterocycles. The molecule has 2 unspecified atom stereocenters. The fourth-order valence-electron chi connectivity index (χ4n) is 3.18. The average Bonchev–Trinajstić information content (AvgIpc) is 2.99. The number of nitrogens with one attached hydrogen (secondary N) is 1. The van der Waals surface area contributed by atoms with E-state index in [1.807, 2.05) is 17.1 Å². The number of halogens is 2. The highest BCUT2D eigenvalue weighted by Crippen LogP contribution is 2.29. The molecule has 0 fully saturated rings. The molecule has 0 spiro atoms. The summed E-state index contributed by atoms with van der Waals surface area (Å²) in [5.74, 6) is 0.198. The highest BCUT2D eigenvalue weighted by molar-refractivity contribution is 5.85. The van der Waals surface area contributed by atoms with Crippen LogP contribution in [0.1, 0.15) is 24.8 Å². The predicted molar refractivity (Wildman–Crippen MR) is 97.4 cm³/mol. The first-order chi connectivity index (χ1) is 11.2. The lowest BCUT2D eigenvalue weighted by Gasteiger charge is -2.23. The molecular formula is C19H19ClFN3. The van der Waals surface area contributed by atoms with Crippen molar-refractivity contribution < 1.29 is 4.39 Å². The monoisotopic (exact) mass is 343 g/mol. The zero-order chi connectivity index (χ0) is 15.8. The van der Waals surface area contributed by atoms with Crippen LogP contribution in [0.2, 0.25) is 0 Å². The molecule has 3 aromatic rings. The van der Waals surface area contributed by atoms with E-state index in [4.69, 9.17) is 0 Å². The number of nitrogens with zero attached hydrogens (tertiary/aromatic N) is 2. The van der Waals surface area contributed by atoms with Gasteiger partial charge in [-0.05, 0) is 61.5 Å². The first kappa shape index (κ1) is 16.5. The van der Waals surface area contributed by atoms with Gasteiger partial charge in [0.15, 0.2) is 0 Å². The lowest BCUT2D eigenvalue weighted by molar-refractivity contribution is 0.528. The van der Waals surface area contributed by atoms with E-state index in [1.54, 1.807) is 12.1 Å². The largest absolute Gasteiger partial charge is 0.389 e. The summed E-state index contributed by atoms with van der Waals surface area (Å²) in [4.78, 5) is 0. The van der Waals surface area contributed by atoms with Crippen LogP contribution in [0.4, 0.5) is 4.39 Å². The SMILES string of the molecule is CC1CC(c2ccc3c(cnn3-c3ccc(F)cc3)c2)C=CN1.Cl. The van der Waals surface area contributed by atoms with Crippen molar-refractivity contribution in [3.05, 3.63) is 72.3 Å². The van der Waals surface area contributed by atoms with Crippen LogP contribution in [0.15, 0.2) is 60.9 Å². The Morgan fingerprint density at radius 3 is 2.71 bits per heavy atom. The second-order valence-corrected chi connectivity index (χ2v) is 6.12. The molecule has 5 heteroatoms. The second kappa shape index (κ2) is 6.65. The van der Waals surface area contributed by atoms with Gasteiger partial charge in [-0.1, -0.05) is 12.1 Å². The van der Waals surface area contributed by atoms with Crippen LogP contribution < -0.4 is 5.32 Å². The quantitative estimate of drug-likeness (QED) is 0.739. The van der Waals surface area contributed by atoms with Crippen LogP contribution in [-0.4, -0.2) is 15.8 Å². The van der Waals surface area contributed by atoms with Gasteiger partial charge in [0, 0.05) is 17.3 Å². The maximum atomic E-state index is 13.1. The van der Waals surface area contributed by atoms with Gasteiger partial charge in [0.25, 0.3) is 0 Å². The van der Waals surface area contributed by atoms with E-state index in [2.05, 4.69) is 41.6 Å². The lowest BCUT2D eigenvalue weighted by atomic mass is 9.90. The fraction of sp³-hybridized carbons (Fsp3) is 0.211. The van der Waals surface area contributed by atoms with Gasteiger partial charge < -0.3 is 5.32 Å². The number of aromatic nitrogens is 2. The van der Waals surface area contributed by atoms with E-state index >= 15 is 0 Å². The minimum Gasteiger partial charge on any atom is -0.389 e. The van der Waals surface area contributed by atoms with Gasteiger partial charge in [0.05, 0.1) is 17.4 Å². The predicted octanol–water partition coefficient (Wildman–Crippen LogP) is 4.57. The third-order valence-corrected chi connectivity index (χ3v) is 4.41. The molecule has 0 amide bonds. The van der Waals surface area contributed by atoms with Gasteiger partial charge >= 0.3 is 0 Å². The smallest absolute Gasteiger partial charge is 0.123 e. The van der Waals surface area contributed by atoms with Crippen molar-refractivity contribution in [3.8, 4) is 5.69 Å². The highest BCUT2D eigenvalue weighted by atomic mass is 35.5. The highest BCUT2D eigenvalue weighted by Gasteiger charge is 2.16. The standard InChI is InChI=1S/C19H18FN3.ClH/c1-13-10-15(8-9-21-13)14-2-7-19-16(11-14)12-22-23(19)18-5-3-17(20)4-6-18;/h2-9,11-13,15,21H,10H2,1H3;1H. The van der Waals surface area contributed by atoms with Crippen molar-refractivity contribution in [1.82, 2.24) is 15.1 Å². The van der Waals surface area contributed by atoms with Gasteiger partial charge in [-0.3, -0.25) is 0 Å². The van der Waals surface area contributed by atoms with Crippen LogP contribution >= 0.6 is 12.4 Å². The van der Waals surface area contributed by atoms with Crippen LogP contribution in [0.25, 0.3) is 16.6 Å². The molecule has 124 valence electrons. The summed E-state index contributed by atoms with van der Waals surface area (Å²) in [6, 6.07) is 13.4. The van der Waals surface area contributed by atoms with E-state index in [0.717, 1.165) is 23.0 Å². The Kier molecular flexibility index (Phi) is 4.58. The topological polar surface area (TPSA) is 29.9 Å².